The van der Waals surface area contributed by atoms with Crippen molar-refractivity contribution in [2.24, 2.45) is 12.0 Å². The number of amides is 1. The molecule has 0 aliphatic carbocycles. The number of aromatic nitrogens is 6. The van der Waals surface area contributed by atoms with E-state index >= 15 is 0 Å². The number of thiazole rings is 1. The van der Waals surface area contributed by atoms with Gasteiger partial charge < -0.3 is 19.9 Å². The van der Waals surface area contributed by atoms with Crippen LogP contribution in [-0.4, -0.2) is 41.4 Å². The van der Waals surface area contributed by atoms with E-state index in [4.69, 9.17) is 21.3 Å². The third kappa shape index (κ3) is 10.0. The molecule has 0 saturated heterocycles. The van der Waals surface area contributed by atoms with Crippen molar-refractivity contribution in [3.63, 3.8) is 0 Å². The first kappa shape index (κ1) is 44.2. The normalized spacial score (nSPS) is 12.3. The molecule has 0 radical (unpaired) electrons. The summed E-state index contributed by atoms with van der Waals surface area (Å²) >= 11 is 8.43. The minimum Gasteiger partial charge on any atom is -0.480 e. The predicted octanol–water partition coefficient (Wildman–Crippen LogP) is 11.4. The van der Waals surface area contributed by atoms with Crippen molar-refractivity contribution in [2.75, 3.05) is 10.6 Å². The molecule has 1 atom stereocenters. The van der Waals surface area contributed by atoms with Gasteiger partial charge in [0.25, 0.3) is 11.5 Å². The van der Waals surface area contributed by atoms with Gasteiger partial charge in [0.2, 0.25) is 0 Å². The summed E-state index contributed by atoms with van der Waals surface area (Å²) < 4.78 is 12.9. The Morgan fingerprint density at radius 1 is 0.875 bits per heavy atom. The molecule has 64 heavy (non-hydrogen) atoms. The average Bonchev–Trinajstić information content (AvgIpc) is 3.96. The molecule has 0 bridgehead atoms. The van der Waals surface area contributed by atoms with Crippen LogP contribution in [0.4, 0.5) is 22.9 Å². The van der Waals surface area contributed by atoms with Crippen molar-refractivity contribution in [3.8, 4) is 11.4 Å². The molecule has 0 fully saturated rings. The highest BCUT2D eigenvalue weighted by molar-refractivity contribution is 7.16. The molecule has 1 amide bonds. The van der Waals surface area contributed by atoms with E-state index < -0.39 is 6.10 Å². The topological polar surface area (TPSA) is 136 Å². The van der Waals surface area contributed by atoms with Crippen molar-refractivity contribution in [2.45, 2.75) is 91.2 Å². The fourth-order valence-corrected chi connectivity index (χ4v) is 9.06. The largest absolute Gasteiger partial charge is 0.480 e. The zero-order valence-electron chi connectivity index (χ0n) is 36.7. The van der Waals surface area contributed by atoms with Crippen LogP contribution < -0.4 is 25.7 Å². The molecule has 8 aromatic rings. The number of aryl methyl sites for hydroxylation is 3. The molecule has 12 nitrogen and oxygen atoms in total. The number of carbonyl (C=O) groups excluding carboxylic acids is 1. The number of nitrogens with one attached hydrogen (secondary N) is 3. The van der Waals surface area contributed by atoms with E-state index in [1.54, 1.807) is 34.2 Å². The Labute approximate surface area is 381 Å². The van der Waals surface area contributed by atoms with Crippen molar-refractivity contribution in [3.05, 3.63) is 146 Å². The van der Waals surface area contributed by atoms with Gasteiger partial charge in [0.15, 0.2) is 10.9 Å². The van der Waals surface area contributed by atoms with Gasteiger partial charge in [-0.15, -0.1) is 5.10 Å². The van der Waals surface area contributed by atoms with Gasteiger partial charge in [0, 0.05) is 12.7 Å². The Balaban J connectivity index is 1.04. The number of halogens is 1. The van der Waals surface area contributed by atoms with Crippen molar-refractivity contribution < 1.29 is 9.53 Å². The summed E-state index contributed by atoms with van der Waals surface area (Å²) in [7, 11) is 2.01. The highest BCUT2D eigenvalue weighted by Gasteiger charge is 2.23. The Bertz CT molecular complexity index is 3020. The van der Waals surface area contributed by atoms with E-state index in [0.717, 1.165) is 76.1 Å². The van der Waals surface area contributed by atoms with Gasteiger partial charge in [-0.3, -0.25) is 14.7 Å². The lowest BCUT2D eigenvalue weighted by Crippen LogP contribution is -2.32. The summed E-state index contributed by atoms with van der Waals surface area (Å²) in [5.74, 6) is 0.904. The number of ether oxygens (including phenoxy) is 1. The first-order valence-corrected chi connectivity index (χ1v) is 23.4. The molecule has 5 aromatic carbocycles. The lowest BCUT2D eigenvalue weighted by atomic mass is 10.00. The maximum absolute atomic E-state index is 14.2. The molecule has 0 aliphatic rings. The second kappa shape index (κ2) is 20.4. The number of carbonyl (C=O) groups is 1. The van der Waals surface area contributed by atoms with E-state index in [2.05, 4.69) is 68.7 Å². The smallest absolute Gasteiger partial charge is 0.278 e. The van der Waals surface area contributed by atoms with Crippen LogP contribution in [-0.2, 0) is 31.2 Å². The number of fused-ring (bicyclic) bond motifs is 2. The van der Waals surface area contributed by atoms with E-state index in [1.807, 2.05) is 80.7 Å². The number of aromatic amines is 1. The second-order valence-electron chi connectivity index (χ2n) is 16.1. The monoisotopic (exact) mass is 895 g/mol. The van der Waals surface area contributed by atoms with E-state index in [-0.39, 0.29) is 18.0 Å². The predicted molar refractivity (Wildman–Crippen MR) is 260 cm³/mol. The zero-order valence-corrected chi connectivity index (χ0v) is 38.3. The molecule has 1 unspecified atom stereocenters. The summed E-state index contributed by atoms with van der Waals surface area (Å²) in [5, 5.41) is 19.0. The van der Waals surface area contributed by atoms with Crippen LogP contribution in [0.5, 0.6) is 5.75 Å². The van der Waals surface area contributed by atoms with Crippen LogP contribution in [0, 0.1) is 0 Å². The van der Waals surface area contributed by atoms with Crippen LogP contribution in [0.1, 0.15) is 82.4 Å². The van der Waals surface area contributed by atoms with Gasteiger partial charge >= 0.3 is 0 Å². The van der Waals surface area contributed by atoms with Crippen molar-refractivity contribution in [1.82, 2.24) is 29.3 Å². The molecule has 14 heteroatoms. The summed E-state index contributed by atoms with van der Waals surface area (Å²) in [4.78, 5) is 33.9. The fourth-order valence-electron chi connectivity index (χ4n) is 7.85. The Morgan fingerprint density at radius 2 is 1.66 bits per heavy atom. The Hall–Kier alpha value is -6.44. The van der Waals surface area contributed by atoms with Gasteiger partial charge in [-0.2, -0.15) is 0 Å². The molecule has 3 aromatic heterocycles. The number of benzene rings is 5. The molecule has 330 valence electrons. The number of H-pyrrole nitrogens is 1. The quantitative estimate of drug-likeness (QED) is 0.0692. The van der Waals surface area contributed by atoms with E-state index in [9.17, 15) is 9.59 Å². The van der Waals surface area contributed by atoms with Gasteiger partial charge in [-0.25, -0.2) is 14.4 Å². The summed E-state index contributed by atoms with van der Waals surface area (Å²) in [6.45, 7) is 6.47. The summed E-state index contributed by atoms with van der Waals surface area (Å²) in [5.41, 5.74) is 7.49. The number of hydrogen-bond acceptors (Lipinski definition) is 8. The SMILES string of the molecule is CCCCCc1ccc(OC(CC)C(=O)Nc2ccc(Cl)c(Nc3[nH]n(-c4ccccc4)c(=O)c3Cn3nnc4cc(N=c5sc6ccccc6n5C)ccc43)c2)c(CCCCC)c1. The number of unbranched alkanes of at least 4 members (excludes halogenated alkanes) is 4. The highest BCUT2D eigenvalue weighted by atomic mass is 35.5. The van der Waals surface area contributed by atoms with Crippen LogP contribution in [0.25, 0.3) is 26.9 Å². The molecule has 3 N–H and O–H groups in total. The highest BCUT2D eigenvalue weighted by Crippen LogP contribution is 2.31. The van der Waals surface area contributed by atoms with E-state index in [0.29, 0.717) is 45.4 Å². The zero-order chi connectivity index (χ0) is 44.6. The van der Waals surface area contributed by atoms with Gasteiger partial charge in [-0.1, -0.05) is 117 Å². The minimum atomic E-state index is -0.716. The van der Waals surface area contributed by atoms with Crippen LogP contribution in [0.2, 0.25) is 5.02 Å². The van der Waals surface area contributed by atoms with Crippen molar-refractivity contribution in [1.29, 1.82) is 0 Å². The summed E-state index contributed by atoms with van der Waals surface area (Å²) in [6.07, 6.45) is 8.58. The van der Waals surface area contributed by atoms with Gasteiger partial charge in [0.05, 0.1) is 49.9 Å². The lowest BCUT2D eigenvalue weighted by Gasteiger charge is -2.20. The maximum atomic E-state index is 14.2. The second-order valence-corrected chi connectivity index (χ2v) is 17.5. The van der Waals surface area contributed by atoms with Crippen LogP contribution in [0.3, 0.4) is 0 Å². The number of nitrogens with zero attached hydrogens (tertiary/aromatic N) is 6. The van der Waals surface area contributed by atoms with Crippen LogP contribution in [0.15, 0.2) is 119 Å². The minimum absolute atomic E-state index is 0.0967. The Kier molecular flexibility index (Phi) is 14.1. The van der Waals surface area contributed by atoms with E-state index in [1.165, 1.54) is 23.1 Å². The molecule has 0 aliphatic heterocycles. The molecule has 3 heterocycles. The standard InChI is InChI=1S/C50H54ClN9O3S/c1-5-8-11-17-33-23-28-45(34(29-33)18-12-9-6-2)63-44(7-3)48(61)52-35-24-26-39(51)40(30-35)54-47-38(49(62)60(56-47)37-19-13-10-14-20-37)32-59-42-27-25-36(31-41(42)55-57-59)53-50-58(4)43-21-15-16-22-46(43)64-50/h10,13-16,19-31,44,54,56H,5-9,11-12,17-18,32H2,1-4H3,(H,52,61). The first-order chi connectivity index (χ1) is 31.2. The molecule has 0 saturated carbocycles. The van der Waals surface area contributed by atoms with Gasteiger partial charge in [-0.05, 0) is 110 Å². The Morgan fingerprint density at radius 3 is 2.44 bits per heavy atom. The van der Waals surface area contributed by atoms with Crippen molar-refractivity contribution >= 4 is 73.0 Å². The first-order valence-electron chi connectivity index (χ1n) is 22.2. The third-order valence-corrected chi connectivity index (χ3v) is 12.9. The molecule has 0 spiro atoms. The molecular formula is C50H54ClN9O3S. The number of hydrogen-bond donors (Lipinski definition) is 3. The van der Waals surface area contributed by atoms with Gasteiger partial charge in [0.1, 0.15) is 17.1 Å². The maximum Gasteiger partial charge on any atom is 0.278 e. The molecular weight excluding hydrogens is 842 g/mol. The fraction of sp³-hybridized carbons (Fsp3) is 0.300. The number of anilines is 3. The average molecular weight is 897 g/mol. The third-order valence-electron chi connectivity index (χ3n) is 11.4. The summed E-state index contributed by atoms with van der Waals surface area (Å²) in [6, 6.07) is 34.9. The number of para-hydroxylation sites is 2. The molecule has 8 rings (SSSR count). The number of rotatable bonds is 19. The lowest BCUT2D eigenvalue weighted by molar-refractivity contribution is -0.122. The van der Waals surface area contributed by atoms with Crippen LogP contribution >= 0.6 is 22.9 Å².